The summed E-state index contributed by atoms with van der Waals surface area (Å²) in [6, 6.07) is 4.40. The zero-order valence-corrected chi connectivity index (χ0v) is 17.6. The van der Waals surface area contributed by atoms with Crippen LogP contribution in [0.5, 0.6) is 0 Å². The monoisotopic (exact) mass is 423 g/mol. The van der Waals surface area contributed by atoms with Crippen molar-refractivity contribution in [3.63, 3.8) is 0 Å². The molecule has 9 heteroatoms. The maximum atomic E-state index is 12.7. The first kappa shape index (κ1) is 22.7. The Hall–Kier alpha value is -2.61. The number of nitrogens with zero attached hydrogens (tertiary/aromatic N) is 1. The Balaban J connectivity index is 1.89. The fraction of sp³-hybridized carbons (Fsp3) is 0.500. The Kier molecular flexibility index (Phi) is 7.61. The Morgan fingerprint density at radius 1 is 1.21 bits per heavy atom. The largest absolute Gasteiger partial charge is 0.454 e. The summed E-state index contributed by atoms with van der Waals surface area (Å²) in [5, 5.41) is 5.78. The highest BCUT2D eigenvalue weighted by atomic mass is 35.5. The van der Waals surface area contributed by atoms with Crippen molar-refractivity contribution in [1.82, 2.24) is 10.2 Å². The van der Waals surface area contributed by atoms with Gasteiger partial charge < -0.3 is 15.4 Å². The van der Waals surface area contributed by atoms with Gasteiger partial charge in [-0.25, -0.2) is 4.79 Å². The predicted octanol–water partition coefficient (Wildman–Crippen LogP) is 3.02. The van der Waals surface area contributed by atoms with Gasteiger partial charge in [-0.3, -0.25) is 19.3 Å². The van der Waals surface area contributed by atoms with E-state index in [4.69, 9.17) is 16.3 Å². The third-order valence-electron chi connectivity index (χ3n) is 4.71. The Labute approximate surface area is 174 Å². The molecule has 1 aliphatic rings. The van der Waals surface area contributed by atoms with E-state index < -0.39 is 42.5 Å². The van der Waals surface area contributed by atoms with E-state index in [1.165, 1.54) is 0 Å². The second-order valence-corrected chi connectivity index (χ2v) is 7.48. The number of hydrogen-bond acceptors (Lipinski definition) is 5. The van der Waals surface area contributed by atoms with Crippen LogP contribution in [0.2, 0.25) is 5.02 Å². The molecule has 0 aromatic heterocycles. The first-order valence-corrected chi connectivity index (χ1v) is 9.96. The molecular weight excluding hydrogens is 398 g/mol. The van der Waals surface area contributed by atoms with Gasteiger partial charge in [0.25, 0.3) is 11.8 Å². The molecule has 1 aromatic carbocycles. The molecule has 4 amide bonds. The normalized spacial score (nSPS) is 15.2. The number of nitrogens with one attached hydrogen (secondary N) is 2. The summed E-state index contributed by atoms with van der Waals surface area (Å²) >= 11 is 6.00. The van der Waals surface area contributed by atoms with Crippen LogP contribution in [-0.2, 0) is 19.1 Å². The minimum absolute atomic E-state index is 0.429. The van der Waals surface area contributed by atoms with Gasteiger partial charge >= 0.3 is 12.0 Å². The highest BCUT2D eigenvalue weighted by Gasteiger charge is 2.50. The minimum atomic E-state index is -0.969. The SMILES string of the molecule is CCCC1(CCC)NC(=O)N(CC(=O)OCC(=O)Nc2ccc(C)c(Cl)c2)C1=O. The lowest BCUT2D eigenvalue weighted by Crippen LogP contribution is -2.47. The number of hydrogen-bond donors (Lipinski definition) is 2. The lowest BCUT2D eigenvalue weighted by Gasteiger charge is -2.25. The van der Waals surface area contributed by atoms with Gasteiger partial charge in [0, 0.05) is 10.7 Å². The Bertz CT molecular complexity index is 805. The van der Waals surface area contributed by atoms with E-state index >= 15 is 0 Å². The van der Waals surface area contributed by atoms with E-state index in [0.717, 1.165) is 10.5 Å². The topological polar surface area (TPSA) is 105 Å². The minimum Gasteiger partial charge on any atom is -0.454 e. The number of esters is 1. The summed E-state index contributed by atoms with van der Waals surface area (Å²) in [5.74, 6) is -1.82. The second-order valence-electron chi connectivity index (χ2n) is 7.08. The first-order valence-electron chi connectivity index (χ1n) is 9.58. The Morgan fingerprint density at radius 3 is 2.45 bits per heavy atom. The van der Waals surface area contributed by atoms with Crippen LogP contribution < -0.4 is 10.6 Å². The maximum Gasteiger partial charge on any atom is 0.326 e. The molecule has 0 bridgehead atoms. The number of carbonyl (C=O) groups excluding carboxylic acids is 4. The van der Waals surface area contributed by atoms with Gasteiger partial charge in [-0.15, -0.1) is 0 Å². The lowest BCUT2D eigenvalue weighted by molar-refractivity contribution is -0.150. The van der Waals surface area contributed by atoms with Gasteiger partial charge in [0.05, 0.1) is 0 Å². The molecule has 0 unspecified atom stereocenters. The van der Waals surface area contributed by atoms with Gasteiger partial charge in [-0.05, 0) is 37.5 Å². The number of benzene rings is 1. The molecule has 29 heavy (non-hydrogen) atoms. The summed E-state index contributed by atoms with van der Waals surface area (Å²) < 4.78 is 4.92. The molecule has 0 aliphatic carbocycles. The summed E-state index contributed by atoms with van der Waals surface area (Å²) in [6.45, 7) is 4.61. The number of imide groups is 1. The molecule has 0 spiro atoms. The molecule has 1 fully saturated rings. The van der Waals surface area contributed by atoms with Crippen LogP contribution in [-0.4, -0.2) is 47.4 Å². The quantitative estimate of drug-likeness (QED) is 0.469. The summed E-state index contributed by atoms with van der Waals surface area (Å²) in [5.41, 5.74) is 0.370. The number of urea groups is 1. The molecule has 2 N–H and O–H groups in total. The number of halogens is 1. The summed E-state index contributed by atoms with van der Waals surface area (Å²) in [4.78, 5) is 49.8. The van der Waals surface area contributed by atoms with Crippen LogP contribution in [0.3, 0.4) is 0 Å². The molecule has 2 rings (SSSR count). The van der Waals surface area contributed by atoms with Crippen molar-refractivity contribution in [3.05, 3.63) is 28.8 Å². The van der Waals surface area contributed by atoms with Crippen molar-refractivity contribution in [2.75, 3.05) is 18.5 Å². The lowest BCUT2D eigenvalue weighted by atomic mass is 9.88. The van der Waals surface area contributed by atoms with E-state index in [0.29, 0.717) is 36.4 Å². The fourth-order valence-electron chi connectivity index (χ4n) is 3.33. The molecule has 0 saturated carbocycles. The van der Waals surface area contributed by atoms with Crippen molar-refractivity contribution < 1.29 is 23.9 Å². The molecule has 1 heterocycles. The molecule has 8 nitrogen and oxygen atoms in total. The first-order chi connectivity index (χ1) is 13.7. The van der Waals surface area contributed by atoms with Crippen LogP contribution in [0.4, 0.5) is 10.5 Å². The van der Waals surface area contributed by atoms with E-state index in [1.807, 2.05) is 20.8 Å². The molecule has 1 aromatic rings. The van der Waals surface area contributed by atoms with E-state index in [1.54, 1.807) is 18.2 Å². The predicted molar refractivity (Wildman–Crippen MR) is 109 cm³/mol. The van der Waals surface area contributed by atoms with Gasteiger partial charge in [-0.1, -0.05) is 44.4 Å². The van der Waals surface area contributed by atoms with Gasteiger partial charge in [0.2, 0.25) is 0 Å². The highest BCUT2D eigenvalue weighted by molar-refractivity contribution is 6.31. The smallest absolute Gasteiger partial charge is 0.326 e. The zero-order chi connectivity index (χ0) is 21.6. The number of anilines is 1. The average Bonchev–Trinajstić information content (AvgIpc) is 2.88. The molecule has 1 aliphatic heterocycles. The third kappa shape index (κ3) is 5.47. The standard InChI is InChI=1S/C20H26ClN3O5/c1-4-8-20(9-5-2)18(27)24(19(28)23-20)11-17(26)29-12-16(25)22-14-7-6-13(3)15(21)10-14/h6-7,10H,4-5,8-9,11-12H2,1-3H3,(H,22,25)(H,23,28). The fourth-order valence-corrected chi connectivity index (χ4v) is 3.51. The molecule has 158 valence electrons. The Morgan fingerprint density at radius 2 is 1.86 bits per heavy atom. The second kappa shape index (κ2) is 9.73. The van der Waals surface area contributed by atoms with Gasteiger partial charge in [0.15, 0.2) is 6.61 Å². The molecule has 0 atom stereocenters. The van der Waals surface area contributed by atoms with Crippen LogP contribution in [0, 0.1) is 6.92 Å². The number of aryl methyl sites for hydroxylation is 1. The van der Waals surface area contributed by atoms with Gasteiger partial charge in [-0.2, -0.15) is 0 Å². The van der Waals surface area contributed by atoms with Gasteiger partial charge in [0.1, 0.15) is 12.1 Å². The van der Waals surface area contributed by atoms with Crippen molar-refractivity contribution in [2.45, 2.75) is 52.0 Å². The van der Waals surface area contributed by atoms with Crippen LogP contribution in [0.1, 0.15) is 45.1 Å². The molecule has 1 saturated heterocycles. The van der Waals surface area contributed by atoms with Crippen molar-refractivity contribution in [2.24, 2.45) is 0 Å². The number of ether oxygens (including phenoxy) is 1. The van der Waals surface area contributed by atoms with E-state index in [-0.39, 0.29) is 0 Å². The highest BCUT2D eigenvalue weighted by Crippen LogP contribution is 2.28. The van der Waals surface area contributed by atoms with E-state index in [9.17, 15) is 19.2 Å². The van der Waals surface area contributed by atoms with Crippen molar-refractivity contribution in [1.29, 1.82) is 0 Å². The van der Waals surface area contributed by atoms with Crippen molar-refractivity contribution >= 4 is 41.1 Å². The van der Waals surface area contributed by atoms with E-state index in [2.05, 4.69) is 10.6 Å². The number of rotatable bonds is 9. The summed E-state index contributed by atoms with van der Waals surface area (Å²) in [7, 11) is 0. The molecular formula is C20H26ClN3O5. The average molecular weight is 424 g/mol. The van der Waals surface area contributed by atoms with Crippen molar-refractivity contribution in [3.8, 4) is 0 Å². The van der Waals surface area contributed by atoms with Crippen LogP contribution in [0.15, 0.2) is 18.2 Å². The zero-order valence-electron chi connectivity index (χ0n) is 16.8. The maximum absolute atomic E-state index is 12.7. The van der Waals surface area contributed by atoms with Crippen LogP contribution in [0.25, 0.3) is 0 Å². The van der Waals surface area contributed by atoms with Crippen LogP contribution >= 0.6 is 11.6 Å². The summed E-state index contributed by atoms with van der Waals surface area (Å²) in [6.07, 6.45) is 2.43. The third-order valence-corrected chi connectivity index (χ3v) is 5.11. The molecule has 0 radical (unpaired) electrons. The number of carbonyl (C=O) groups is 4. The number of amides is 4.